The summed E-state index contributed by atoms with van der Waals surface area (Å²) in [5.41, 5.74) is 8.21. The summed E-state index contributed by atoms with van der Waals surface area (Å²) in [4.78, 5) is 4.01. The van der Waals surface area contributed by atoms with Crippen LogP contribution < -0.4 is 15.2 Å². The van der Waals surface area contributed by atoms with Crippen LogP contribution in [0.3, 0.4) is 0 Å². The average Bonchev–Trinajstić information content (AvgIpc) is 2.52. The molecule has 0 saturated heterocycles. The van der Waals surface area contributed by atoms with E-state index in [0.717, 1.165) is 29.9 Å². The van der Waals surface area contributed by atoms with Gasteiger partial charge in [0.25, 0.3) is 0 Å². The Bertz CT molecular complexity index is 556. The van der Waals surface area contributed by atoms with Crippen LogP contribution in [0, 0.1) is 0 Å². The molecule has 2 rings (SSSR count). The predicted octanol–water partition coefficient (Wildman–Crippen LogP) is 3.12. The number of benzene rings is 1. The number of nitrogens with two attached hydrogens (primary N) is 1. The second-order valence-corrected chi connectivity index (χ2v) is 4.97. The van der Waals surface area contributed by atoms with E-state index < -0.39 is 0 Å². The fourth-order valence-corrected chi connectivity index (χ4v) is 2.28. The van der Waals surface area contributed by atoms with Crippen molar-refractivity contribution in [1.29, 1.82) is 0 Å². The quantitative estimate of drug-likeness (QED) is 0.794. The molecule has 2 aromatic rings. The molecule has 0 spiro atoms. The van der Waals surface area contributed by atoms with Crippen molar-refractivity contribution in [3.63, 3.8) is 0 Å². The molecule has 1 aromatic heterocycles. The van der Waals surface area contributed by atoms with Gasteiger partial charge in [0.05, 0.1) is 19.3 Å². The van der Waals surface area contributed by atoms with Crippen LogP contribution in [-0.4, -0.2) is 18.7 Å². The molecule has 4 nitrogen and oxygen atoms in total. The van der Waals surface area contributed by atoms with Gasteiger partial charge in [0.15, 0.2) is 0 Å². The molecule has 0 radical (unpaired) electrons. The molecule has 1 heterocycles. The van der Waals surface area contributed by atoms with Crippen LogP contribution in [0.2, 0.25) is 0 Å². The standard InChI is InChI=1S/C17H22N2O2/c1-13(18)17-15(20-2)6-3-7-16(17)21-12-4-5-14-8-10-19-11-9-14/h3,6-11,13H,4-5,12,18H2,1-2H3/t13-/m1/s1. The van der Waals surface area contributed by atoms with Gasteiger partial charge >= 0.3 is 0 Å². The number of aryl methyl sites for hydroxylation is 1. The second kappa shape index (κ2) is 7.64. The highest BCUT2D eigenvalue weighted by molar-refractivity contribution is 5.46. The lowest BCUT2D eigenvalue weighted by atomic mass is 10.1. The van der Waals surface area contributed by atoms with Crippen molar-refractivity contribution in [3.8, 4) is 11.5 Å². The topological polar surface area (TPSA) is 57.4 Å². The SMILES string of the molecule is COc1cccc(OCCCc2ccncc2)c1[C@@H](C)N. The summed E-state index contributed by atoms with van der Waals surface area (Å²) in [7, 11) is 1.65. The van der Waals surface area contributed by atoms with E-state index >= 15 is 0 Å². The normalized spacial score (nSPS) is 12.0. The summed E-state index contributed by atoms with van der Waals surface area (Å²) in [6.07, 6.45) is 5.54. The molecule has 0 amide bonds. The molecular weight excluding hydrogens is 264 g/mol. The lowest BCUT2D eigenvalue weighted by molar-refractivity contribution is 0.302. The van der Waals surface area contributed by atoms with Gasteiger partial charge in [0.2, 0.25) is 0 Å². The van der Waals surface area contributed by atoms with Gasteiger partial charge in [0, 0.05) is 18.4 Å². The van der Waals surface area contributed by atoms with E-state index in [1.54, 1.807) is 7.11 Å². The molecule has 0 aliphatic heterocycles. The number of rotatable bonds is 7. The number of aromatic nitrogens is 1. The summed E-state index contributed by atoms with van der Waals surface area (Å²) in [6, 6.07) is 9.69. The minimum absolute atomic E-state index is 0.128. The van der Waals surface area contributed by atoms with Crippen molar-refractivity contribution < 1.29 is 9.47 Å². The summed E-state index contributed by atoms with van der Waals surface area (Å²) >= 11 is 0. The molecule has 0 unspecified atom stereocenters. The van der Waals surface area contributed by atoms with E-state index in [-0.39, 0.29) is 6.04 Å². The summed E-state index contributed by atoms with van der Waals surface area (Å²) < 4.78 is 11.2. The van der Waals surface area contributed by atoms with Crippen LogP contribution in [0.1, 0.15) is 30.5 Å². The van der Waals surface area contributed by atoms with E-state index in [1.807, 2.05) is 49.6 Å². The summed E-state index contributed by atoms with van der Waals surface area (Å²) in [5, 5.41) is 0. The Hall–Kier alpha value is -2.07. The van der Waals surface area contributed by atoms with Crippen molar-refractivity contribution >= 4 is 0 Å². The van der Waals surface area contributed by atoms with E-state index in [2.05, 4.69) is 4.98 Å². The van der Waals surface area contributed by atoms with Gasteiger partial charge in [-0.05, 0) is 49.6 Å². The Morgan fingerprint density at radius 2 is 1.86 bits per heavy atom. The Morgan fingerprint density at radius 1 is 1.14 bits per heavy atom. The van der Waals surface area contributed by atoms with Crippen molar-refractivity contribution in [2.45, 2.75) is 25.8 Å². The molecule has 4 heteroatoms. The molecule has 0 aliphatic rings. The van der Waals surface area contributed by atoms with E-state index in [9.17, 15) is 0 Å². The number of nitrogens with zero attached hydrogens (tertiary/aromatic N) is 1. The maximum atomic E-state index is 6.02. The predicted molar refractivity (Wildman–Crippen MR) is 83.6 cm³/mol. The number of ether oxygens (including phenoxy) is 2. The Kier molecular flexibility index (Phi) is 5.58. The number of hydrogen-bond acceptors (Lipinski definition) is 4. The fraction of sp³-hybridized carbons (Fsp3) is 0.353. The molecule has 1 atom stereocenters. The van der Waals surface area contributed by atoms with E-state index in [1.165, 1.54) is 5.56 Å². The zero-order valence-electron chi connectivity index (χ0n) is 12.6. The van der Waals surface area contributed by atoms with Crippen molar-refractivity contribution in [1.82, 2.24) is 4.98 Å². The van der Waals surface area contributed by atoms with Crippen LogP contribution in [0.15, 0.2) is 42.7 Å². The third-order valence-electron chi connectivity index (χ3n) is 3.32. The van der Waals surface area contributed by atoms with Gasteiger partial charge in [-0.25, -0.2) is 0 Å². The van der Waals surface area contributed by atoms with Gasteiger partial charge in [-0.15, -0.1) is 0 Å². The van der Waals surface area contributed by atoms with Gasteiger partial charge in [-0.1, -0.05) is 6.07 Å². The molecular formula is C17H22N2O2. The Labute approximate surface area is 125 Å². The van der Waals surface area contributed by atoms with Gasteiger partial charge in [-0.3, -0.25) is 4.98 Å². The van der Waals surface area contributed by atoms with Crippen LogP contribution >= 0.6 is 0 Å². The Morgan fingerprint density at radius 3 is 2.52 bits per heavy atom. The average molecular weight is 286 g/mol. The first kappa shape index (κ1) is 15.3. The summed E-state index contributed by atoms with van der Waals surface area (Å²) in [5.74, 6) is 1.58. The Balaban J connectivity index is 1.94. The van der Waals surface area contributed by atoms with Gasteiger partial charge in [-0.2, -0.15) is 0 Å². The van der Waals surface area contributed by atoms with Crippen LogP contribution in [0.25, 0.3) is 0 Å². The minimum Gasteiger partial charge on any atom is -0.496 e. The van der Waals surface area contributed by atoms with Crippen LogP contribution in [0.5, 0.6) is 11.5 Å². The molecule has 0 fully saturated rings. The van der Waals surface area contributed by atoms with E-state index in [4.69, 9.17) is 15.2 Å². The lowest BCUT2D eigenvalue weighted by Gasteiger charge is -2.17. The highest BCUT2D eigenvalue weighted by Crippen LogP contribution is 2.32. The zero-order chi connectivity index (χ0) is 15.1. The van der Waals surface area contributed by atoms with Crippen molar-refractivity contribution in [2.24, 2.45) is 5.73 Å². The highest BCUT2D eigenvalue weighted by atomic mass is 16.5. The van der Waals surface area contributed by atoms with Crippen LogP contribution in [0.4, 0.5) is 0 Å². The van der Waals surface area contributed by atoms with Crippen LogP contribution in [-0.2, 0) is 6.42 Å². The van der Waals surface area contributed by atoms with Gasteiger partial charge in [0.1, 0.15) is 11.5 Å². The van der Waals surface area contributed by atoms with E-state index in [0.29, 0.717) is 6.61 Å². The molecule has 21 heavy (non-hydrogen) atoms. The molecule has 0 aliphatic carbocycles. The third kappa shape index (κ3) is 4.20. The zero-order valence-corrected chi connectivity index (χ0v) is 12.6. The largest absolute Gasteiger partial charge is 0.496 e. The molecule has 2 N–H and O–H groups in total. The number of pyridine rings is 1. The maximum absolute atomic E-state index is 6.02. The monoisotopic (exact) mass is 286 g/mol. The third-order valence-corrected chi connectivity index (χ3v) is 3.32. The fourth-order valence-electron chi connectivity index (χ4n) is 2.28. The van der Waals surface area contributed by atoms with Crippen molar-refractivity contribution in [3.05, 3.63) is 53.9 Å². The highest BCUT2D eigenvalue weighted by Gasteiger charge is 2.14. The summed E-state index contributed by atoms with van der Waals surface area (Å²) in [6.45, 7) is 2.58. The first-order chi connectivity index (χ1) is 10.2. The molecule has 1 aromatic carbocycles. The smallest absolute Gasteiger partial charge is 0.127 e. The molecule has 0 saturated carbocycles. The first-order valence-corrected chi connectivity index (χ1v) is 7.16. The maximum Gasteiger partial charge on any atom is 0.127 e. The second-order valence-electron chi connectivity index (χ2n) is 4.97. The number of hydrogen-bond donors (Lipinski definition) is 1. The molecule has 112 valence electrons. The molecule has 0 bridgehead atoms. The van der Waals surface area contributed by atoms with Gasteiger partial charge < -0.3 is 15.2 Å². The first-order valence-electron chi connectivity index (χ1n) is 7.16. The minimum atomic E-state index is -0.128. The lowest BCUT2D eigenvalue weighted by Crippen LogP contribution is -2.10. The number of methoxy groups -OCH3 is 1. The van der Waals surface area contributed by atoms with Crippen molar-refractivity contribution in [2.75, 3.05) is 13.7 Å².